The molecule has 3 nitrogen and oxygen atoms in total. The standard InChI is InChI=1S/C17H21N3/c1-3-7-15(8-4-1)16-9-10-17(18-13-16)19-14-20-11-5-2-6-12-20/h1,3-4,7-10,13H,2,5-6,11-12,14H2,(H,18,19). The Morgan fingerprint density at radius 1 is 0.900 bits per heavy atom. The molecule has 2 aromatic rings. The zero-order valence-corrected chi connectivity index (χ0v) is 11.8. The third kappa shape index (κ3) is 3.36. The second-order valence-electron chi connectivity index (χ2n) is 5.31. The molecule has 0 atom stereocenters. The van der Waals surface area contributed by atoms with Crippen LogP contribution in [0.3, 0.4) is 0 Å². The SMILES string of the molecule is c1ccc(-c2ccc(NCN3CCCCC3)nc2)cc1. The highest BCUT2D eigenvalue weighted by molar-refractivity contribution is 5.63. The van der Waals surface area contributed by atoms with Gasteiger partial charge in [-0.15, -0.1) is 0 Å². The van der Waals surface area contributed by atoms with E-state index in [4.69, 9.17) is 0 Å². The van der Waals surface area contributed by atoms with Crippen molar-refractivity contribution in [2.75, 3.05) is 25.1 Å². The van der Waals surface area contributed by atoms with Crippen LogP contribution in [0.25, 0.3) is 11.1 Å². The number of piperidine rings is 1. The van der Waals surface area contributed by atoms with Crippen molar-refractivity contribution in [3.05, 3.63) is 48.7 Å². The van der Waals surface area contributed by atoms with Gasteiger partial charge in [0.05, 0.1) is 6.67 Å². The number of nitrogens with zero attached hydrogens (tertiary/aromatic N) is 2. The number of aromatic nitrogens is 1. The molecule has 0 unspecified atom stereocenters. The highest BCUT2D eigenvalue weighted by Crippen LogP contribution is 2.19. The first-order valence-electron chi connectivity index (χ1n) is 7.39. The lowest BCUT2D eigenvalue weighted by Crippen LogP contribution is -2.34. The van der Waals surface area contributed by atoms with Crippen LogP contribution < -0.4 is 5.32 Å². The number of likely N-dealkylation sites (tertiary alicyclic amines) is 1. The van der Waals surface area contributed by atoms with Crippen LogP contribution in [0.15, 0.2) is 48.7 Å². The summed E-state index contributed by atoms with van der Waals surface area (Å²) in [6.45, 7) is 3.31. The van der Waals surface area contributed by atoms with Crippen LogP contribution in [0.1, 0.15) is 19.3 Å². The zero-order valence-electron chi connectivity index (χ0n) is 11.8. The molecule has 0 spiro atoms. The van der Waals surface area contributed by atoms with E-state index in [2.05, 4.69) is 51.6 Å². The fourth-order valence-corrected chi connectivity index (χ4v) is 2.61. The average molecular weight is 267 g/mol. The lowest BCUT2D eigenvalue weighted by Gasteiger charge is -2.26. The number of anilines is 1. The lowest BCUT2D eigenvalue weighted by atomic mass is 10.1. The van der Waals surface area contributed by atoms with E-state index in [0.717, 1.165) is 18.1 Å². The molecule has 0 aliphatic carbocycles. The zero-order chi connectivity index (χ0) is 13.6. The average Bonchev–Trinajstić information content (AvgIpc) is 2.55. The van der Waals surface area contributed by atoms with Crippen LogP contribution in [-0.4, -0.2) is 29.6 Å². The van der Waals surface area contributed by atoms with Gasteiger partial charge in [0.15, 0.2) is 0 Å². The van der Waals surface area contributed by atoms with Gasteiger partial charge in [-0.25, -0.2) is 4.98 Å². The summed E-state index contributed by atoms with van der Waals surface area (Å²) in [7, 11) is 0. The Morgan fingerprint density at radius 2 is 1.70 bits per heavy atom. The minimum Gasteiger partial charge on any atom is -0.357 e. The monoisotopic (exact) mass is 267 g/mol. The van der Waals surface area contributed by atoms with Crippen molar-refractivity contribution in [1.82, 2.24) is 9.88 Å². The molecule has 3 heteroatoms. The van der Waals surface area contributed by atoms with Crippen LogP contribution in [0.2, 0.25) is 0 Å². The summed E-state index contributed by atoms with van der Waals surface area (Å²) in [4.78, 5) is 6.96. The van der Waals surface area contributed by atoms with E-state index in [-0.39, 0.29) is 0 Å². The van der Waals surface area contributed by atoms with Gasteiger partial charge in [0.1, 0.15) is 5.82 Å². The predicted octanol–water partition coefficient (Wildman–Crippen LogP) is 3.60. The van der Waals surface area contributed by atoms with Gasteiger partial charge in [-0.1, -0.05) is 36.8 Å². The smallest absolute Gasteiger partial charge is 0.126 e. The molecule has 104 valence electrons. The summed E-state index contributed by atoms with van der Waals surface area (Å²) in [5.74, 6) is 0.954. The lowest BCUT2D eigenvalue weighted by molar-refractivity contribution is 0.243. The van der Waals surface area contributed by atoms with Gasteiger partial charge in [-0.3, -0.25) is 4.90 Å². The van der Waals surface area contributed by atoms with Crippen LogP contribution in [-0.2, 0) is 0 Å². The van der Waals surface area contributed by atoms with Gasteiger partial charge in [0.25, 0.3) is 0 Å². The van der Waals surface area contributed by atoms with E-state index in [0.29, 0.717) is 0 Å². The molecule has 1 aromatic heterocycles. The van der Waals surface area contributed by atoms with Crippen molar-refractivity contribution in [2.45, 2.75) is 19.3 Å². The topological polar surface area (TPSA) is 28.2 Å². The highest BCUT2D eigenvalue weighted by atomic mass is 15.2. The molecule has 3 rings (SSSR count). The normalized spacial score (nSPS) is 16.0. The Labute approximate surface area is 120 Å². The summed E-state index contributed by atoms with van der Waals surface area (Å²) in [6.07, 6.45) is 5.96. The molecule has 0 amide bonds. The molecule has 1 aliphatic rings. The number of benzene rings is 1. The van der Waals surface area contributed by atoms with Crippen molar-refractivity contribution in [3.63, 3.8) is 0 Å². The van der Waals surface area contributed by atoms with E-state index in [1.54, 1.807) is 0 Å². The Kier molecular flexibility index (Phi) is 4.28. The van der Waals surface area contributed by atoms with Gasteiger partial charge in [-0.2, -0.15) is 0 Å². The number of nitrogens with one attached hydrogen (secondary N) is 1. The van der Waals surface area contributed by atoms with Crippen molar-refractivity contribution in [1.29, 1.82) is 0 Å². The first-order chi connectivity index (χ1) is 9.92. The van der Waals surface area contributed by atoms with E-state index in [1.807, 2.05) is 12.3 Å². The third-order valence-corrected chi connectivity index (χ3v) is 3.80. The number of rotatable bonds is 4. The predicted molar refractivity (Wildman–Crippen MR) is 83.6 cm³/mol. The van der Waals surface area contributed by atoms with Gasteiger partial charge in [0, 0.05) is 11.8 Å². The van der Waals surface area contributed by atoms with Crippen LogP contribution >= 0.6 is 0 Å². The summed E-state index contributed by atoms with van der Waals surface area (Å²) in [5.41, 5.74) is 2.37. The molecule has 0 radical (unpaired) electrons. The first kappa shape index (κ1) is 13.1. The summed E-state index contributed by atoms with van der Waals surface area (Å²) in [5, 5.41) is 3.41. The molecule has 2 heterocycles. The van der Waals surface area contributed by atoms with Crippen molar-refractivity contribution in [3.8, 4) is 11.1 Å². The maximum absolute atomic E-state index is 4.50. The third-order valence-electron chi connectivity index (χ3n) is 3.80. The molecule has 0 bridgehead atoms. The number of hydrogen-bond donors (Lipinski definition) is 1. The largest absolute Gasteiger partial charge is 0.357 e. The van der Waals surface area contributed by atoms with Crippen LogP contribution in [0.4, 0.5) is 5.82 Å². The Hall–Kier alpha value is -1.87. The van der Waals surface area contributed by atoms with Gasteiger partial charge >= 0.3 is 0 Å². The maximum atomic E-state index is 4.50. The highest BCUT2D eigenvalue weighted by Gasteiger charge is 2.09. The summed E-state index contributed by atoms with van der Waals surface area (Å²) < 4.78 is 0. The molecule has 0 saturated carbocycles. The molecular formula is C17H21N3. The van der Waals surface area contributed by atoms with Crippen LogP contribution in [0, 0.1) is 0 Å². The first-order valence-corrected chi connectivity index (χ1v) is 7.39. The van der Waals surface area contributed by atoms with Crippen molar-refractivity contribution >= 4 is 5.82 Å². The molecule has 20 heavy (non-hydrogen) atoms. The fraction of sp³-hybridized carbons (Fsp3) is 0.353. The van der Waals surface area contributed by atoms with E-state index < -0.39 is 0 Å². The van der Waals surface area contributed by atoms with Crippen molar-refractivity contribution < 1.29 is 0 Å². The second kappa shape index (κ2) is 6.53. The quantitative estimate of drug-likeness (QED) is 0.917. The Balaban J connectivity index is 1.58. The molecule has 1 fully saturated rings. The van der Waals surface area contributed by atoms with Crippen LogP contribution in [0.5, 0.6) is 0 Å². The van der Waals surface area contributed by atoms with E-state index in [1.165, 1.54) is 37.9 Å². The van der Waals surface area contributed by atoms with Gasteiger partial charge in [-0.05, 0) is 43.6 Å². The van der Waals surface area contributed by atoms with Gasteiger partial charge < -0.3 is 5.32 Å². The summed E-state index contributed by atoms with van der Waals surface area (Å²) in [6, 6.07) is 14.5. The molecular weight excluding hydrogens is 246 g/mol. The van der Waals surface area contributed by atoms with Crippen molar-refractivity contribution in [2.24, 2.45) is 0 Å². The molecule has 1 aliphatic heterocycles. The maximum Gasteiger partial charge on any atom is 0.126 e. The number of hydrogen-bond acceptors (Lipinski definition) is 3. The Bertz CT molecular complexity index is 516. The number of pyridine rings is 1. The summed E-state index contributed by atoms with van der Waals surface area (Å²) >= 11 is 0. The minimum absolute atomic E-state index is 0.900. The second-order valence-corrected chi connectivity index (χ2v) is 5.31. The van der Waals surface area contributed by atoms with E-state index >= 15 is 0 Å². The fourth-order valence-electron chi connectivity index (χ4n) is 2.61. The molecule has 1 aromatic carbocycles. The molecule has 1 saturated heterocycles. The minimum atomic E-state index is 0.900. The van der Waals surface area contributed by atoms with E-state index in [9.17, 15) is 0 Å². The molecule has 1 N–H and O–H groups in total. The van der Waals surface area contributed by atoms with Gasteiger partial charge in [0.2, 0.25) is 0 Å². The Morgan fingerprint density at radius 3 is 2.40 bits per heavy atom.